The van der Waals surface area contributed by atoms with Crippen molar-refractivity contribution in [3.63, 3.8) is 0 Å². The van der Waals surface area contributed by atoms with Crippen LogP contribution in [0.15, 0.2) is 30.6 Å². The Balaban J connectivity index is 2.51. The van der Waals surface area contributed by atoms with E-state index in [0.717, 1.165) is 6.33 Å². The summed E-state index contributed by atoms with van der Waals surface area (Å²) in [6, 6.07) is 5.47. The Labute approximate surface area is 113 Å². The summed E-state index contributed by atoms with van der Waals surface area (Å²) in [5.41, 5.74) is 2.33. The molecule has 2 rings (SSSR count). The minimum absolute atomic E-state index is 0.0459. The smallest absolute Gasteiger partial charge is 0.324 e. The van der Waals surface area contributed by atoms with Crippen molar-refractivity contribution >= 4 is 23.0 Å². The van der Waals surface area contributed by atoms with Gasteiger partial charge in [0.05, 0.1) is 4.92 Å². The Morgan fingerprint density at radius 1 is 1.35 bits per heavy atom. The number of hydrogen-bond donors (Lipinski definition) is 2. The standard InChI is InChI=1S/C11H11FN6O2/c1-17(8-4-2-7(12)3-5-8)11-9(18(19)20)10(16-13)14-6-15-11/h2-6H,13H2,1H3,(H,14,15,16). The van der Waals surface area contributed by atoms with Crippen LogP contribution in [-0.4, -0.2) is 21.9 Å². The second-order valence-electron chi connectivity index (χ2n) is 3.83. The molecule has 0 bridgehead atoms. The van der Waals surface area contributed by atoms with Crippen molar-refractivity contribution in [2.75, 3.05) is 17.4 Å². The van der Waals surface area contributed by atoms with Crippen molar-refractivity contribution in [2.24, 2.45) is 5.84 Å². The molecule has 0 amide bonds. The van der Waals surface area contributed by atoms with E-state index in [1.165, 1.54) is 29.2 Å². The Hall–Kier alpha value is -2.81. The molecule has 0 atom stereocenters. The third-order valence-corrected chi connectivity index (χ3v) is 2.65. The molecule has 0 aliphatic carbocycles. The van der Waals surface area contributed by atoms with Gasteiger partial charge in [-0.1, -0.05) is 0 Å². The zero-order chi connectivity index (χ0) is 14.7. The predicted molar refractivity (Wildman–Crippen MR) is 71.0 cm³/mol. The summed E-state index contributed by atoms with van der Waals surface area (Å²) in [6.07, 6.45) is 1.15. The number of nitrogens with zero attached hydrogens (tertiary/aromatic N) is 4. The molecule has 0 aliphatic rings. The Kier molecular flexibility index (Phi) is 3.71. The topological polar surface area (TPSA) is 110 Å². The Morgan fingerprint density at radius 3 is 2.55 bits per heavy atom. The zero-order valence-electron chi connectivity index (χ0n) is 10.4. The lowest BCUT2D eigenvalue weighted by Gasteiger charge is -2.18. The molecule has 0 aliphatic heterocycles. The van der Waals surface area contributed by atoms with Gasteiger partial charge in [-0.05, 0) is 24.3 Å². The van der Waals surface area contributed by atoms with Crippen molar-refractivity contribution in [3.8, 4) is 0 Å². The highest BCUT2D eigenvalue weighted by Gasteiger charge is 2.25. The van der Waals surface area contributed by atoms with Gasteiger partial charge in [-0.2, -0.15) is 0 Å². The first-order valence-corrected chi connectivity index (χ1v) is 5.50. The number of nitrogens with one attached hydrogen (secondary N) is 1. The molecule has 104 valence electrons. The van der Waals surface area contributed by atoms with E-state index in [2.05, 4.69) is 15.4 Å². The maximum Gasteiger partial charge on any atom is 0.355 e. The average Bonchev–Trinajstić information content (AvgIpc) is 2.46. The van der Waals surface area contributed by atoms with Crippen molar-refractivity contribution < 1.29 is 9.31 Å². The molecule has 2 aromatic rings. The van der Waals surface area contributed by atoms with Crippen LogP contribution in [0, 0.1) is 15.9 Å². The fourth-order valence-electron chi connectivity index (χ4n) is 1.68. The molecule has 0 radical (unpaired) electrons. The SMILES string of the molecule is CN(c1ccc(F)cc1)c1ncnc(NN)c1[N+](=O)[O-]. The van der Waals surface area contributed by atoms with E-state index < -0.39 is 10.7 Å². The van der Waals surface area contributed by atoms with Gasteiger partial charge in [0, 0.05) is 12.7 Å². The zero-order valence-corrected chi connectivity index (χ0v) is 10.4. The molecule has 9 heteroatoms. The van der Waals surface area contributed by atoms with Crippen LogP contribution in [0.3, 0.4) is 0 Å². The molecule has 1 aromatic carbocycles. The monoisotopic (exact) mass is 278 g/mol. The molecule has 0 unspecified atom stereocenters. The maximum absolute atomic E-state index is 12.9. The van der Waals surface area contributed by atoms with Crippen LogP contribution in [0.2, 0.25) is 0 Å². The number of aromatic nitrogens is 2. The third kappa shape index (κ3) is 2.47. The van der Waals surface area contributed by atoms with E-state index in [1.54, 1.807) is 7.05 Å². The van der Waals surface area contributed by atoms with Gasteiger partial charge in [0.2, 0.25) is 11.6 Å². The molecule has 1 heterocycles. The molecule has 1 aromatic heterocycles. The number of hydrazine groups is 1. The highest BCUT2D eigenvalue weighted by Crippen LogP contribution is 2.34. The second-order valence-corrected chi connectivity index (χ2v) is 3.83. The summed E-state index contributed by atoms with van der Waals surface area (Å²) >= 11 is 0. The van der Waals surface area contributed by atoms with Crippen LogP contribution in [-0.2, 0) is 0 Å². The number of nitrogen functional groups attached to an aromatic ring is 1. The van der Waals surface area contributed by atoms with Gasteiger partial charge in [0.25, 0.3) is 0 Å². The fraction of sp³-hybridized carbons (Fsp3) is 0.0909. The number of anilines is 3. The van der Waals surface area contributed by atoms with Crippen LogP contribution in [0.1, 0.15) is 0 Å². The molecule has 3 N–H and O–H groups in total. The molecular weight excluding hydrogens is 267 g/mol. The number of nitro groups is 1. The summed E-state index contributed by atoms with van der Waals surface area (Å²) in [7, 11) is 1.57. The number of nitrogens with two attached hydrogens (primary N) is 1. The van der Waals surface area contributed by atoms with Gasteiger partial charge in [-0.3, -0.25) is 10.1 Å². The van der Waals surface area contributed by atoms with E-state index in [9.17, 15) is 14.5 Å². The fourth-order valence-corrected chi connectivity index (χ4v) is 1.68. The minimum atomic E-state index is -0.634. The summed E-state index contributed by atoms with van der Waals surface area (Å²) < 4.78 is 12.9. The summed E-state index contributed by atoms with van der Waals surface area (Å²) in [5.74, 6) is 4.75. The maximum atomic E-state index is 12.9. The van der Waals surface area contributed by atoms with Crippen molar-refractivity contribution in [3.05, 3.63) is 46.5 Å². The van der Waals surface area contributed by atoms with E-state index in [1.807, 2.05) is 0 Å². The van der Waals surface area contributed by atoms with Crippen LogP contribution in [0.5, 0.6) is 0 Å². The van der Waals surface area contributed by atoms with E-state index in [0.29, 0.717) is 5.69 Å². The number of hydrogen-bond acceptors (Lipinski definition) is 7. The highest BCUT2D eigenvalue weighted by atomic mass is 19.1. The largest absolute Gasteiger partial charge is 0.355 e. The lowest BCUT2D eigenvalue weighted by molar-refractivity contribution is -0.383. The van der Waals surface area contributed by atoms with Crippen LogP contribution in [0.4, 0.5) is 27.4 Å². The number of halogens is 1. The summed E-state index contributed by atoms with van der Waals surface area (Å²) in [4.78, 5) is 19.5. The van der Waals surface area contributed by atoms with E-state index in [4.69, 9.17) is 5.84 Å². The first-order valence-electron chi connectivity index (χ1n) is 5.50. The number of benzene rings is 1. The van der Waals surface area contributed by atoms with Crippen molar-refractivity contribution in [1.82, 2.24) is 9.97 Å². The van der Waals surface area contributed by atoms with Crippen LogP contribution < -0.4 is 16.2 Å². The van der Waals surface area contributed by atoms with Gasteiger partial charge < -0.3 is 10.3 Å². The normalized spacial score (nSPS) is 10.2. The lowest BCUT2D eigenvalue weighted by Crippen LogP contribution is -2.17. The lowest BCUT2D eigenvalue weighted by atomic mass is 10.3. The molecule has 8 nitrogen and oxygen atoms in total. The molecule has 0 spiro atoms. The predicted octanol–water partition coefficient (Wildman–Crippen LogP) is 1.58. The first kappa shape index (κ1) is 13.6. The van der Waals surface area contributed by atoms with Gasteiger partial charge in [0.15, 0.2) is 0 Å². The van der Waals surface area contributed by atoms with E-state index >= 15 is 0 Å². The van der Waals surface area contributed by atoms with Crippen LogP contribution >= 0.6 is 0 Å². The number of rotatable bonds is 4. The van der Waals surface area contributed by atoms with Gasteiger partial charge in [0.1, 0.15) is 12.1 Å². The molecule has 20 heavy (non-hydrogen) atoms. The van der Waals surface area contributed by atoms with Gasteiger partial charge in [-0.25, -0.2) is 20.2 Å². The van der Waals surface area contributed by atoms with E-state index in [-0.39, 0.29) is 17.3 Å². The van der Waals surface area contributed by atoms with Gasteiger partial charge in [-0.15, -0.1) is 0 Å². The van der Waals surface area contributed by atoms with Crippen molar-refractivity contribution in [2.45, 2.75) is 0 Å². The molecule has 0 saturated heterocycles. The average molecular weight is 278 g/mol. The Bertz CT molecular complexity index is 633. The van der Waals surface area contributed by atoms with Crippen LogP contribution in [0.25, 0.3) is 0 Å². The molecule has 0 saturated carbocycles. The Morgan fingerprint density at radius 2 is 2.00 bits per heavy atom. The molecular formula is C11H11FN6O2. The summed E-state index contributed by atoms with van der Waals surface area (Å²) in [6.45, 7) is 0. The first-order chi connectivity index (χ1) is 9.54. The van der Waals surface area contributed by atoms with Gasteiger partial charge >= 0.3 is 5.69 Å². The highest BCUT2D eigenvalue weighted by molar-refractivity contribution is 5.74. The third-order valence-electron chi connectivity index (χ3n) is 2.65. The van der Waals surface area contributed by atoms with Crippen molar-refractivity contribution in [1.29, 1.82) is 0 Å². The quantitative estimate of drug-likeness (QED) is 0.496. The minimum Gasteiger partial charge on any atom is -0.324 e. The molecule has 0 fully saturated rings. The summed E-state index contributed by atoms with van der Waals surface area (Å²) in [5, 5.41) is 11.1. The second kappa shape index (κ2) is 5.45.